The van der Waals surface area contributed by atoms with E-state index >= 15 is 0 Å². The van der Waals surface area contributed by atoms with Crippen LogP contribution in [0.1, 0.15) is 22.3 Å². The molecule has 0 bridgehead atoms. The Kier molecular flexibility index (Phi) is 5.99. The van der Waals surface area contributed by atoms with Gasteiger partial charge in [0, 0.05) is 22.3 Å². The molecule has 2 heterocycles. The van der Waals surface area contributed by atoms with Crippen LogP contribution >= 0.6 is 12.9 Å². The van der Waals surface area contributed by atoms with Gasteiger partial charge in [-0.2, -0.15) is 0 Å². The summed E-state index contributed by atoms with van der Waals surface area (Å²) < 4.78 is 0. The summed E-state index contributed by atoms with van der Waals surface area (Å²) in [5.74, 6) is 4.74. The predicted molar refractivity (Wildman–Crippen MR) is 173 cm³/mol. The van der Waals surface area contributed by atoms with Crippen molar-refractivity contribution in [3.8, 4) is 0 Å². The number of benzene rings is 5. The molecule has 5 aromatic carbocycles. The molecular formula is C34H24P2S2. The van der Waals surface area contributed by atoms with Crippen molar-refractivity contribution in [3.63, 3.8) is 0 Å². The monoisotopic (exact) mass is 558 g/mol. The van der Waals surface area contributed by atoms with Crippen molar-refractivity contribution in [2.24, 2.45) is 0 Å². The zero-order chi connectivity index (χ0) is 25.7. The van der Waals surface area contributed by atoms with Crippen LogP contribution in [-0.4, -0.2) is 0 Å². The first-order valence-corrected chi connectivity index (χ1v) is 18.4. The second-order valence-electron chi connectivity index (χ2n) is 9.68. The van der Waals surface area contributed by atoms with Crippen LogP contribution in [0.2, 0.25) is 0 Å². The first-order valence-electron chi connectivity index (χ1n) is 12.7. The summed E-state index contributed by atoms with van der Waals surface area (Å²) in [5, 5.41) is 5.06. The average molecular weight is 559 g/mol. The average Bonchev–Trinajstić information content (AvgIpc) is 3.47. The topological polar surface area (TPSA) is 0 Å². The van der Waals surface area contributed by atoms with Gasteiger partial charge in [-0.15, -0.1) is 0 Å². The van der Waals surface area contributed by atoms with Gasteiger partial charge in [-0.05, 0) is 60.5 Å². The van der Waals surface area contributed by atoms with E-state index in [0.29, 0.717) is 0 Å². The molecule has 0 amide bonds. The predicted octanol–water partition coefficient (Wildman–Crippen LogP) is 7.35. The van der Waals surface area contributed by atoms with Crippen molar-refractivity contribution in [2.75, 3.05) is 0 Å². The van der Waals surface area contributed by atoms with Gasteiger partial charge in [0.1, 0.15) is 0 Å². The minimum absolute atomic E-state index is 1.21. The van der Waals surface area contributed by atoms with E-state index in [-0.39, 0.29) is 0 Å². The lowest BCUT2D eigenvalue weighted by molar-refractivity contribution is 1.54. The molecule has 0 nitrogen and oxygen atoms in total. The molecule has 2 aliphatic rings. The maximum absolute atomic E-state index is 6.41. The molecule has 5 aromatic rings. The van der Waals surface area contributed by atoms with Crippen LogP contribution in [0.4, 0.5) is 0 Å². The maximum Gasteiger partial charge on any atom is 0.0903 e. The van der Waals surface area contributed by atoms with Crippen LogP contribution in [0.25, 0.3) is 11.1 Å². The molecule has 0 spiro atoms. The summed E-state index contributed by atoms with van der Waals surface area (Å²) >= 11 is 12.8. The van der Waals surface area contributed by atoms with Crippen LogP contribution in [0.3, 0.4) is 0 Å². The first kappa shape index (κ1) is 24.2. The van der Waals surface area contributed by atoms with Crippen molar-refractivity contribution in [3.05, 3.63) is 167 Å². The van der Waals surface area contributed by atoms with Gasteiger partial charge in [0.05, 0.1) is 32.9 Å². The molecule has 0 radical (unpaired) electrons. The van der Waals surface area contributed by atoms with Gasteiger partial charge < -0.3 is 24.5 Å². The molecule has 2 aliphatic heterocycles. The third kappa shape index (κ3) is 3.78. The standard InChI is InChI=1S/C34H24P2S2/c37-35(27-11-3-1-4-12-27)23-31(29-15-7-9-17-33(29)35)25-19-21-26(22-20-25)32-24-36(38,28-13-5-2-6-14-28)34-18-10-8-16-30(32)34/h1-24H. The van der Waals surface area contributed by atoms with E-state index in [1.54, 1.807) is 0 Å². The quantitative estimate of drug-likeness (QED) is 0.167. The Morgan fingerprint density at radius 1 is 0.368 bits per heavy atom. The lowest BCUT2D eigenvalue weighted by Crippen LogP contribution is -2.17. The van der Waals surface area contributed by atoms with Crippen LogP contribution in [-0.2, 0) is 24.5 Å². The van der Waals surface area contributed by atoms with Crippen molar-refractivity contribution >= 4 is 69.8 Å². The summed E-state index contributed by atoms with van der Waals surface area (Å²) in [5.41, 5.74) is 7.43. The summed E-state index contributed by atoms with van der Waals surface area (Å²) in [6, 6.07) is 47.6. The Labute approximate surface area is 236 Å². The van der Waals surface area contributed by atoms with Gasteiger partial charge in [0.15, 0.2) is 0 Å². The van der Waals surface area contributed by atoms with E-state index in [0.717, 1.165) is 0 Å². The highest BCUT2D eigenvalue weighted by atomic mass is 32.7. The molecule has 0 saturated carbocycles. The van der Waals surface area contributed by atoms with E-state index in [2.05, 4.69) is 145 Å². The molecule has 0 saturated heterocycles. The van der Waals surface area contributed by atoms with E-state index < -0.39 is 12.9 Å². The van der Waals surface area contributed by atoms with Crippen molar-refractivity contribution in [2.45, 2.75) is 0 Å². The lowest BCUT2D eigenvalue weighted by Gasteiger charge is -2.26. The largest absolute Gasteiger partial charge is 0.541 e. The molecule has 0 N–H and O–H groups in total. The van der Waals surface area contributed by atoms with Crippen LogP contribution in [0.15, 0.2) is 145 Å². The smallest absolute Gasteiger partial charge is 0.0903 e. The summed E-state index contributed by atoms with van der Waals surface area (Å²) in [6.07, 6.45) is 0. The summed E-state index contributed by atoms with van der Waals surface area (Å²) in [4.78, 5) is 0. The maximum atomic E-state index is 6.41. The Hall–Kier alpha value is -2.86. The Balaban J connectivity index is 1.31. The molecule has 4 heteroatoms. The number of rotatable bonds is 4. The number of hydrogen-bond acceptors (Lipinski definition) is 2. The molecule has 0 aliphatic carbocycles. The number of fused-ring (bicyclic) bond motifs is 2. The van der Waals surface area contributed by atoms with E-state index in [9.17, 15) is 0 Å². The van der Waals surface area contributed by atoms with E-state index in [1.165, 1.54) is 54.6 Å². The first-order chi connectivity index (χ1) is 18.6. The summed E-state index contributed by atoms with van der Waals surface area (Å²) in [6.45, 7) is -4.02. The van der Waals surface area contributed by atoms with Gasteiger partial charge in [-0.3, -0.25) is 0 Å². The lowest BCUT2D eigenvalue weighted by atomic mass is 9.95. The number of hydrogen-bond donors (Lipinski definition) is 0. The second kappa shape index (κ2) is 9.41. The van der Waals surface area contributed by atoms with Crippen molar-refractivity contribution in [1.29, 1.82) is 0 Å². The fraction of sp³-hybridized carbons (Fsp3) is 0. The van der Waals surface area contributed by atoms with Gasteiger partial charge in [-0.25, -0.2) is 0 Å². The molecule has 182 valence electrons. The highest BCUT2D eigenvalue weighted by Gasteiger charge is 2.39. The fourth-order valence-electron chi connectivity index (χ4n) is 5.64. The minimum atomic E-state index is -2.01. The van der Waals surface area contributed by atoms with Gasteiger partial charge >= 0.3 is 0 Å². The molecule has 2 atom stereocenters. The normalized spacial score (nSPS) is 21.4. The van der Waals surface area contributed by atoms with Crippen molar-refractivity contribution in [1.82, 2.24) is 0 Å². The van der Waals surface area contributed by atoms with Crippen LogP contribution in [0.5, 0.6) is 0 Å². The molecule has 0 fully saturated rings. The molecule has 7 rings (SSSR count). The van der Waals surface area contributed by atoms with E-state index in [4.69, 9.17) is 24.5 Å². The van der Waals surface area contributed by atoms with Crippen molar-refractivity contribution < 1.29 is 0 Å². The zero-order valence-electron chi connectivity index (χ0n) is 20.6. The second-order valence-corrected chi connectivity index (χ2v) is 18.3. The Bertz CT molecular complexity index is 1600. The summed E-state index contributed by atoms with van der Waals surface area (Å²) in [7, 11) is 0. The third-order valence-electron chi connectivity index (χ3n) is 7.51. The third-order valence-corrected chi connectivity index (χ3v) is 16.2. The Morgan fingerprint density at radius 3 is 1.11 bits per heavy atom. The van der Waals surface area contributed by atoms with Gasteiger partial charge in [0.2, 0.25) is 0 Å². The van der Waals surface area contributed by atoms with Gasteiger partial charge in [-0.1, -0.05) is 97.1 Å². The van der Waals surface area contributed by atoms with Crippen LogP contribution in [0, 0.1) is 0 Å². The van der Waals surface area contributed by atoms with E-state index in [1.807, 2.05) is 0 Å². The zero-order valence-corrected chi connectivity index (χ0v) is 24.0. The highest BCUT2D eigenvalue weighted by molar-refractivity contribution is 8.50. The SMILES string of the molecule is [S-][P+]1(c2ccccc2)C=C(c2ccc(C3=C[P+]([S-])(c4ccccc4)c4ccccc43)cc2)c2ccccc21. The fourth-order valence-corrected chi connectivity index (χ4v) is 13.3. The molecule has 0 aromatic heterocycles. The van der Waals surface area contributed by atoms with Crippen LogP contribution < -0.4 is 21.2 Å². The minimum Gasteiger partial charge on any atom is -0.541 e. The molecule has 2 unspecified atom stereocenters. The Morgan fingerprint density at radius 2 is 0.711 bits per heavy atom. The molecular weight excluding hydrogens is 534 g/mol. The molecule has 38 heavy (non-hydrogen) atoms. The highest BCUT2D eigenvalue weighted by Crippen LogP contribution is 2.64. The van der Waals surface area contributed by atoms with Gasteiger partial charge in [0.25, 0.3) is 0 Å².